The van der Waals surface area contributed by atoms with Gasteiger partial charge in [-0.1, -0.05) is 0 Å². The molecular formula is C15H20N4. The number of hydrogen-bond donors (Lipinski definition) is 1. The number of fused-ring (bicyclic) bond motifs is 1. The molecule has 1 atom stereocenters. The van der Waals surface area contributed by atoms with E-state index in [0.29, 0.717) is 5.92 Å². The minimum atomic E-state index is 0.0852. The fourth-order valence-corrected chi connectivity index (χ4v) is 3.29. The standard InChI is InChI=1S/C15H20N4/c1-9-2-7-13-17-12(8-19(13)18-9)15(16)14(10-3-4-10)11-5-6-11/h2,7-8,10-11,14-15H,3-6,16H2,1H3. The van der Waals surface area contributed by atoms with E-state index in [-0.39, 0.29) is 6.04 Å². The largest absolute Gasteiger partial charge is 0.322 e. The van der Waals surface area contributed by atoms with Gasteiger partial charge in [-0.15, -0.1) is 0 Å². The van der Waals surface area contributed by atoms with Crippen LogP contribution in [0, 0.1) is 24.7 Å². The van der Waals surface area contributed by atoms with E-state index >= 15 is 0 Å². The first-order valence-corrected chi connectivity index (χ1v) is 7.31. The normalized spacial score (nSPS) is 21.2. The molecule has 2 aliphatic rings. The molecule has 0 bridgehead atoms. The average Bonchev–Trinajstić information content (AvgIpc) is 3.30. The van der Waals surface area contributed by atoms with E-state index in [1.54, 1.807) is 0 Å². The van der Waals surface area contributed by atoms with Gasteiger partial charge in [0.15, 0.2) is 5.65 Å². The SMILES string of the molecule is Cc1ccc2nc(C(N)C(C3CC3)C3CC3)cn2n1. The number of aromatic nitrogens is 3. The van der Waals surface area contributed by atoms with Gasteiger partial charge < -0.3 is 5.73 Å². The third-order valence-corrected chi connectivity index (χ3v) is 4.56. The molecule has 2 aromatic heterocycles. The van der Waals surface area contributed by atoms with E-state index in [0.717, 1.165) is 28.9 Å². The van der Waals surface area contributed by atoms with Gasteiger partial charge in [0.25, 0.3) is 0 Å². The summed E-state index contributed by atoms with van der Waals surface area (Å²) >= 11 is 0. The van der Waals surface area contributed by atoms with Crippen LogP contribution in [0.3, 0.4) is 0 Å². The predicted molar refractivity (Wildman–Crippen MR) is 73.6 cm³/mol. The van der Waals surface area contributed by atoms with Gasteiger partial charge in [-0.05, 0) is 62.5 Å². The van der Waals surface area contributed by atoms with Gasteiger partial charge in [0.05, 0.1) is 23.6 Å². The highest BCUT2D eigenvalue weighted by Crippen LogP contribution is 2.53. The highest BCUT2D eigenvalue weighted by atomic mass is 15.2. The van der Waals surface area contributed by atoms with Crippen molar-refractivity contribution in [1.82, 2.24) is 14.6 Å². The summed E-state index contributed by atoms with van der Waals surface area (Å²) in [5.41, 5.74) is 9.44. The lowest BCUT2D eigenvalue weighted by Gasteiger charge is -2.21. The van der Waals surface area contributed by atoms with Crippen LogP contribution in [0.1, 0.15) is 43.1 Å². The van der Waals surface area contributed by atoms with Crippen LogP contribution in [0.25, 0.3) is 5.65 Å². The summed E-state index contributed by atoms with van der Waals surface area (Å²) in [4.78, 5) is 4.67. The highest BCUT2D eigenvalue weighted by Gasteiger charge is 2.45. The smallest absolute Gasteiger partial charge is 0.153 e. The molecule has 0 aliphatic heterocycles. The molecule has 100 valence electrons. The zero-order valence-electron chi connectivity index (χ0n) is 11.3. The molecule has 2 heterocycles. The number of nitrogens with zero attached hydrogens (tertiary/aromatic N) is 3. The van der Waals surface area contributed by atoms with Crippen molar-refractivity contribution in [2.45, 2.75) is 38.6 Å². The lowest BCUT2D eigenvalue weighted by Crippen LogP contribution is -2.25. The summed E-state index contributed by atoms with van der Waals surface area (Å²) < 4.78 is 1.86. The monoisotopic (exact) mass is 256 g/mol. The van der Waals surface area contributed by atoms with Crippen molar-refractivity contribution in [1.29, 1.82) is 0 Å². The molecule has 4 nitrogen and oxygen atoms in total. The summed E-state index contributed by atoms with van der Waals surface area (Å²) in [6.45, 7) is 2.00. The van der Waals surface area contributed by atoms with Crippen LogP contribution in [0.15, 0.2) is 18.3 Å². The highest BCUT2D eigenvalue weighted by molar-refractivity contribution is 5.39. The molecule has 2 saturated carbocycles. The molecular weight excluding hydrogens is 236 g/mol. The fourth-order valence-electron chi connectivity index (χ4n) is 3.29. The van der Waals surface area contributed by atoms with Gasteiger partial charge in [-0.3, -0.25) is 0 Å². The van der Waals surface area contributed by atoms with E-state index in [2.05, 4.69) is 10.1 Å². The first-order chi connectivity index (χ1) is 9.22. The summed E-state index contributed by atoms with van der Waals surface area (Å²) in [5.74, 6) is 2.34. The molecule has 2 aromatic rings. The van der Waals surface area contributed by atoms with Crippen molar-refractivity contribution >= 4 is 5.65 Å². The van der Waals surface area contributed by atoms with E-state index in [1.807, 2.05) is 29.8 Å². The minimum Gasteiger partial charge on any atom is -0.322 e. The Morgan fingerprint density at radius 1 is 1.21 bits per heavy atom. The average molecular weight is 256 g/mol. The van der Waals surface area contributed by atoms with Crippen molar-refractivity contribution in [3.05, 3.63) is 29.7 Å². The molecule has 4 heteroatoms. The minimum absolute atomic E-state index is 0.0852. The van der Waals surface area contributed by atoms with Crippen LogP contribution in [0.5, 0.6) is 0 Å². The number of imidazole rings is 1. The van der Waals surface area contributed by atoms with E-state index in [9.17, 15) is 0 Å². The van der Waals surface area contributed by atoms with Gasteiger partial charge >= 0.3 is 0 Å². The van der Waals surface area contributed by atoms with Crippen LogP contribution in [-0.2, 0) is 0 Å². The van der Waals surface area contributed by atoms with Crippen molar-refractivity contribution in [3.8, 4) is 0 Å². The first-order valence-electron chi connectivity index (χ1n) is 7.31. The third-order valence-electron chi connectivity index (χ3n) is 4.56. The maximum Gasteiger partial charge on any atom is 0.153 e. The molecule has 2 fully saturated rings. The summed E-state index contributed by atoms with van der Waals surface area (Å²) in [6.07, 6.45) is 7.46. The van der Waals surface area contributed by atoms with Gasteiger partial charge in [-0.2, -0.15) is 5.10 Å². The van der Waals surface area contributed by atoms with Gasteiger partial charge in [0.1, 0.15) is 0 Å². The Balaban J connectivity index is 1.68. The van der Waals surface area contributed by atoms with Gasteiger partial charge in [0, 0.05) is 0 Å². The van der Waals surface area contributed by atoms with E-state index in [4.69, 9.17) is 5.73 Å². The molecule has 0 spiro atoms. The lowest BCUT2D eigenvalue weighted by atomic mass is 9.88. The zero-order valence-corrected chi connectivity index (χ0v) is 11.3. The molecule has 2 N–H and O–H groups in total. The second kappa shape index (κ2) is 4.04. The van der Waals surface area contributed by atoms with Crippen molar-refractivity contribution in [2.24, 2.45) is 23.5 Å². The summed E-state index contributed by atoms with van der Waals surface area (Å²) in [7, 11) is 0. The van der Waals surface area contributed by atoms with Crippen molar-refractivity contribution in [2.75, 3.05) is 0 Å². The zero-order chi connectivity index (χ0) is 13.0. The Hall–Kier alpha value is -1.42. The Labute approximate surface area is 113 Å². The van der Waals surface area contributed by atoms with Crippen molar-refractivity contribution < 1.29 is 0 Å². The van der Waals surface area contributed by atoms with Crippen LogP contribution in [0.4, 0.5) is 0 Å². The van der Waals surface area contributed by atoms with E-state index in [1.165, 1.54) is 25.7 Å². The van der Waals surface area contributed by atoms with Crippen LogP contribution in [0.2, 0.25) is 0 Å². The maximum atomic E-state index is 6.52. The lowest BCUT2D eigenvalue weighted by molar-refractivity contribution is 0.331. The van der Waals surface area contributed by atoms with Gasteiger partial charge in [-0.25, -0.2) is 9.50 Å². The number of rotatable bonds is 4. The molecule has 4 rings (SSSR count). The van der Waals surface area contributed by atoms with Crippen LogP contribution >= 0.6 is 0 Å². The van der Waals surface area contributed by atoms with Crippen molar-refractivity contribution in [3.63, 3.8) is 0 Å². The Bertz CT molecular complexity index is 598. The predicted octanol–water partition coefficient (Wildman–Crippen LogP) is 2.47. The molecule has 19 heavy (non-hydrogen) atoms. The molecule has 1 unspecified atom stereocenters. The molecule has 0 saturated heterocycles. The second-order valence-corrected chi connectivity index (χ2v) is 6.22. The fraction of sp³-hybridized carbons (Fsp3) is 0.600. The number of nitrogens with two attached hydrogens (primary N) is 1. The Morgan fingerprint density at radius 3 is 2.53 bits per heavy atom. The quantitative estimate of drug-likeness (QED) is 0.914. The van der Waals surface area contributed by atoms with Crippen LogP contribution < -0.4 is 5.73 Å². The third kappa shape index (κ3) is 2.04. The maximum absolute atomic E-state index is 6.52. The second-order valence-electron chi connectivity index (χ2n) is 6.22. The Morgan fingerprint density at radius 2 is 1.89 bits per heavy atom. The summed E-state index contributed by atoms with van der Waals surface area (Å²) in [5, 5.41) is 4.46. The number of hydrogen-bond acceptors (Lipinski definition) is 3. The summed E-state index contributed by atoms with van der Waals surface area (Å²) in [6, 6.07) is 4.10. The van der Waals surface area contributed by atoms with Crippen LogP contribution in [-0.4, -0.2) is 14.6 Å². The molecule has 0 aromatic carbocycles. The molecule has 0 radical (unpaired) electrons. The van der Waals surface area contributed by atoms with Gasteiger partial charge in [0.2, 0.25) is 0 Å². The number of aryl methyl sites for hydroxylation is 1. The molecule has 2 aliphatic carbocycles. The topological polar surface area (TPSA) is 56.2 Å². The first kappa shape index (κ1) is 11.4. The van der Waals surface area contributed by atoms with E-state index < -0.39 is 0 Å². The molecule has 0 amide bonds. The Kier molecular flexibility index (Phi) is 2.42.